The summed E-state index contributed by atoms with van der Waals surface area (Å²) in [5, 5.41) is 13.1. The number of aryl methyl sites for hydroxylation is 2. The maximum absolute atomic E-state index is 12.3. The van der Waals surface area contributed by atoms with Crippen molar-refractivity contribution < 1.29 is 14.7 Å². The first-order chi connectivity index (χ1) is 8.79. The number of nitrogens with zero attached hydrogens (tertiary/aromatic N) is 3. The van der Waals surface area contributed by atoms with Gasteiger partial charge < -0.3 is 10.0 Å². The number of rotatable bonds is 5. The third kappa shape index (κ3) is 3.13. The highest BCUT2D eigenvalue weighted by molar-refractivity contribution is 5.86. The number of likely N-dealkylation sites (N-methyl/N-ethyl adjacent to an activating group) is 1. The molecule has 0 aliphatic carbocycles. The van der Waals surface area contributed by atoms with E-state index in [0.717, 1.165) is 17.0 Å². The second-order valence-electron chi connectivity index (χ2n) is 4.68. The summed E-state index contributed by atoms with van der Waals surface area (Å²) in [4.78, 5) is 24.5. The SMILES string of the molecule is CCN(CC(=O)O)C(=O)C(C)c1c(C)nn(C)c1C. The first-order valence-corrected chi connectivity index (χ1v) is 6.30. The van der Waals surface area contributed by atoms with Crippen molar-refractivity contribution in [3.8, 4) is 0 Å². The molecule has 1 aromatic rings. The summed E-state index contributed by atoms with van der Waals surface area (Å²) in [5.41, 5.74) is 2.63. The van der Waals surface area contributed by atoms with E-state index >= 15 is 0 Å². The fourth-order valence-corrected chi connectivity index (χ4v) is 2.32. The Morgan fingerprint density at radius 1 is 1.42 bits per heavy atom. The Morgan fingerprint density at radius 3 is 2.37 bits per heavy atom. The number of carbonyl (C=O) groups is 2. The summed E-state index contributed by atoms with van der Waals surface area (Å²) in [5.74, 6) is -1.56. The highest BCUT2D eigenvalue weighted by atomic mass is 16.4. The van der Waals surface area contributed by atoms with E-state index in [1.165, 1.54) is 4.90 Å². The van der Waals surface area contributed by atoms with Crippen molar-refractivity contribution >= 4 is 11.9 Å². The normalized spacial score (nSPS) is 12.3. The largest absolute Gasteiger partial charge is 0.480 e. The Labute approximate surface area is 113 Å². The third-order valence-electron chi connectivity index (χ3n) is 3.39. The van der Waals surface area contributed by atoms with Crippen LogP contribution in [-0.2, 0) is 16.6 Å². The molecule has 1 N–H and O–H groups in total. The molecule has 0 saturated carbocycles. The number of aromatic nitrogens is 2. The molecule has 0 radical (unpaired) electrons. The molecule has 0 saturated heterocycles. The van der Waals surface area contributed by atoms with Gasteiger partial charge in [-0.25, -0.2) is 0 Å². The lowest BCUT2D eigenvalue weighted by Crippen LogP contribution is -2.38. The number of carboxylic acids is 1. The number of carbonyl (C=O) groups excluding carboxylic acids is 1. The molecule has 1 aromatic heterocycles. The molecule has 0 bridgehead atoms. The van der Waals surface area contributed by atoms with Crippen LogP contribution in [0.3, 0.4) is 0 Å². The maximum Gasteiger partial charge on any atom is 0.323 e. The summed E-state index contributed by atoms with van der Waals surface area (Å²) in [6, 6.07) is 0. The van der Waals surface area contributed by atoms with E-state index in [-0.39, 0.29) is 18.4 Å². The van der Waals surface area contributed by atoms with Gasteiger partial charge in [-0.2, -0.15) is 5.10 Å². The summed E-state index contributed by atoms with van der Waals surface area (Å²) >= 11 is 0. The topological polar surface area (TPSA) is 75.4 Å². The van der Waals surface area contributed by atoms with E-state index in [1.54, 1.807) is 18.5 Å². The Balaban J connectivity index is 3.01. The Bertz CT molecular complexity index is 494. The Morgan fingerprint density at radius 2 is 2.00 bits per heavy atom. The van der Waals surface area contributed by atoms with E-state index in [1.807, 2.05) is 20.9 Å². The predicted molar refractivity (Wildman–Crippen MR) is 71.0 cm³/mol. The number of amides is 1. The molecule has 19 heavy (non-hydrogen) atoms. The molecule has 0 fully saturated rings. The number of hydrogen-bond acceptors (Lipinski definition) is 3. The average molecular weight is 267 g/mol. The van der Waals surface area contributed by atoms with Gasteiger partial charge in [0.25, 0.3) is 0 Å². The van der Waals surface area contributed by atoms with Crippen LogP contribution < -0.4 is 0 Å². The van der Waals surface area contributed by atoms with Crippen molar-refractivity contribution in [2.75, 3.05) is 13.1 Å². The molecule has 0 aromatic carbocycles. The van der Waals surface area contributed by atoms with Crippen LogP contribution in [0.15, 0.2) is 0 Å². The lowest BCUT2D eigenvalue weighted by molar-refractivity contribution is -0.144. The molecular formula is C13H21N3O3. The van der Waals surface area contributed by atoms with Crippen LogP contribution in [0.1, 0.15) is 36.7 Å². The van der Waals surface area contributed by atoms with Gasteiger partial charge in [0, 0.05) is 24.8 Å². The molecule has 106 valence electrons. The third-order valence-corrected chi connectivity index (χ3v) is 3.39. The maximum atomic E-state index is 12.3. The van der Waals surface area contributed by atoms with Crippen LogP contribution in [0.2, 0.25) is 0 Å². The van der Waals surface area contributed by atoms with Crippen molar-refractivity contribution in [3.63, 3.8) is 0 Å². The summed E-state index contributed by atoms with van der Waals surface area (Å²) in [7, 11) is 1.83. The predicted octanol–water partition coefficient (Wildman–Crippen LogP) is 1.07. The molecule has 0 spiro atoms. The minimum absolute atomic E-state index is 0.177. The van der Waals surface area contributed by atoms with Crippen molar-refractivity contribution in [1.82, 2.24) is 14.7 Å². The zero-order chi connectivity index (χ0) is 14.7. The zero-order valence-corrected chi connectivity index (χ0v) is 12.1. The standard InChI is InChI=1S/C13H21N3O3/c1-6-16(7-11(17)18)13(19)8(2)12-9(3)14-15(5)10(12)4/h8H,6-7H2,1-5H3,(H,17,18). The lowest BCUT2D eigenvalue weighted by atomic mass is 9.97. The molecular weight excluding hydrogens is 246 g/mol. The minimum Gasteiger partial charge on any atom is -0.480 e. The molecule has 1 atom stereocenters. The monoisotopic (exact) mass is 267 g/mol. The van der Waals surface area contributed by atoms with Gasteiger partial charge in [-0.3, -0.25) is 14.3 Å². The van der Waals surface area contributed by atoms with Crippen molar-refractivity contribution in [3.05, 3.63) is 17.0 Å². The van der Waals surface area contributed by atoms with Crippen LogP contribution in [0, 0.1) is 13.8 Å². The van der Waals surface area contributed by atoms with Gasteiger partial charge in [-0.05, 0) is 27.7 Å². The number of carboxylic acid groups (broad SMARTS) is 1. The molecule has 0 aliphatic heterocycles. The second kappa shape index (κ2) is 5.86. The summed E-state index contributed by atoms with van der Waals surface area (Å²) < 4.78 is 1.74. The van der Waals surface area contributed by atoms with Gasteiger partial charge >= 0.3 is 5.97 Å². The zero-order valence-electron chi connectivity index (χ0n) is 12.1. The quantitative estimate of drug-likeness (QED) is 0.866. The molecule has 0 aliphatic rings. The molecule has 6 nitrogen and oxygen atoms in total. The Hall–Kier alpha value is -1.85. The smallest absolute Gasteiger partial charge is 0.323 e. The first-order valence-electron chi connectivity index (χ1n) is 6.30. The number of hydrogen-bond donors (Lipinski definition) is 1. The van der Waals surface area contributed by atoms with Gasteiger partial charge in [0.05, 0.1) is 11.6 Å². The molecule has 1 unspecified atom stereocenters. The second-order valence-corrected chi connectivity index (χ2v) is 4.68. The van der Waals surface area contributed by atoms with Gasteiger partial charge in [-0.1, -0.05) is 0 Å². The van der Waals surface area contributed by atoms with Crippen LogP contribution in [0.5, 0.6) is 0 Å². The summed E-state index contributed by atoms with van der Waals surface area (Å²) in [6.45, 7) is 7.46. The molecule has 1 heterocycles. The molecule has 6 heteroatoms. The minimum atomic E-state index is -0.998. The average Bonchev–Trinajstić information content (AvgIpc) is 2.58. The first kappa shape index (κ1) is 15.2. The molecule has 1 amide bonds. The van der Waals surface area contributed by atoms with Crippen molar-refractivity contribution in [2.24, 2.45) is 7.05 Å². The van der Waals surface area contributed by atoms with Gasteiger partial charge in [-0.15, -0.1) is 0 Å². The van der Waals surface area contributed by atoms with Crippen LogP contribution in [0.25, 0.3) is 0 Å². The van der Waals surface area contributed by atoms with E-state index < -0.39 is 5.97 Å². The molecule has 1 rings (SSSR count). The van der Waals surface area contributed by atoms with Crippen molar-refractivity contribution in [2.45, 2.75) is 33.6 Å². The fourth-order valence-electron chi connectivity index (χ4n) is 2.32. The number of aliphatic carboxylic acids is 1. The highest BCUT2D eigenvalue weighted by Gasteiger charge is 2.26. The van der Waals surface area contributed by atoms with E-state index in [2.05, 4.69) is 5.10 Å². The van der Waals surface area contributed by atoms with Gasteiger partial charge in [0.1, 0.15) is 6.54 Å². The summed E-state index contributed by atoms with van der Waals surface area (Å²) in [6.07, 6.45) is 0. The van der Waals surface area contributed by atoms with E-state index in [4.69, 9.17) is 5.11 Å². The Kier molecular flexibility index (Phi) is 4.69. The van der Waals surface area contributed by atoms with Gasteiger partial charge in [0.15, 0.2) is 0 Å². The van der Waals surface area contributed by atoms with Crippen LogP contribution >= 0.6 is 0 Å². The lowest BCUT2D eigenvalue weighted by Gasteiger charge is -2.23. The van der Waals surface area contributed by atoms with Crippen molar-refractivity contribution in [1.29, 1.82) is 0 Å². The fraction of sp³-hybridized carbons (Fsp3) is 0.615. The van der Waals surface area contributed by atoms with E-state index in [9.17, 15) is 9.59 Å². The van der Waals surface area contributed by atoms with E-state index in [0.29, 0.717) is 6.54 Å². The van der Waals surface area contributed by atoms with Gasteiger partial charge in [0.2, 0.25) is 5.91 Å². The highest BCUT2D eigenvalue weighted by Crippen LogP contribution is 2.24. The van der Waals surface area contributed by atoms with Crippen LogP contribution in [0.4, 0.5) is 0 Å². The van der Waals surface area contributed by atoms with Crippen LogP contribution in [-0.4, -0.2) is 44.8 Å².